The molecule has 54 valence electrons. The number of hydrogen-bond donors (Lipinski definition) is 1. The molecular formula is C5H11FN2O. The molecule has 9 heavy (non-hydrogen) atoms. The van der Waals surface area contributed by atoms with Gasteiger partial charge >= 0.3 is 0 Å². The molecule has 0 saturated heterocycles. The van der Waals surface area contributed by atoms with E-state index in [0.29, 0.717) is 13.0 Å². The molecule has 0 heterocycles. The summed E-state index contributed by atoms with van der Waals surface area (Å²) >= 11 is 0. The fourth-order valence-corrected chi connectivity index (χ4v) is 0.388. The third-order valence-corrected chi connectivity index (χ3v) is 0.937. The number of amides is 1. The first-order chi connectivity index (χ1) is 4.18. The van der Waals surface area contributed by atoms with E-state index in [1.165, 1.54) is 6.92 Å². The first-order valence-corrected chi connectivity index (χ1v) is 2.77. The van der Waals surface area contributed by atoms with Crippen LogP contribution in [0.2, 0.25) is 0 Å². The number of carbonyl (C=O) groups is 1. The van der Waals surface area contributed by atoms with E-state index in [1.807, 2.05) is 0 Å². The summed E-state index contributed by atoms with van der Waals surface area (Å²) in [4.78, 5) is 10.3. The van der Waals surface area contributed by atoms with Crippen LogP contribution in [0.4, 0.5) is 4.39 Å². The summed E-state index contributed by atoms with van der Waals surface area (Å²) < 4.78 is 11.4. The van der Waals surface area contributed by atoms with E-state index >= 15 is 0 Å². The molecule has 0 aliphatic rings. The number of nitrogens with zero attached hydrogens (tertiary/aromatic N) is 1. The summed E-state index contributed by atoms with van der Waals surface area (Å²) in [6.45, 7) is 1.21. The zero-order chi connectivity index (χ0) is 7.28. The second-order valence-corrected chi connectivity index (χ2v) is 1.75. The predicted molar refractivity (Wildman–Crippen MR) is 32.2 cm³/mol. The van der Waals surface area contributed by atoms with Crippen LogP contribution < -0.4 is 5.84 Å². The minimum atomic E-state index is -0.430. The van der Waals surface area contributed by atoms with Crippen molar-refractivity contribution < 1.29 is 9.18 Å². The van der Waals surface area contributed by atoms with Gasteiger partial charge in [0.1, 0.15) is 0 Å². The second kappa shape index (κ2) is 4.26. The van der Waals surface area contributed by atoms with Crippen molar-refractivity contribution in [2.24, 2.45) is 5.84 Å². The normalized spacial score (nSPS) is 9.22. The van der Waals surface area contributed by atoms with Crippen LogP contribution in [0.1, 0.15) is 13.3 Å². The van der Waals surface area contributed by atoms with Gasteiger partial charge in [0, 0.05) is 13.5 Å². The molecule has 0 atom stereocenters. The number of hydrazine groups is 1. The standard InChI is InChI=1S/C5H11FN2O/c1-5(9)8(7)4-2-3-6/h2-4,7H2,1H3. The Morgan fingerprint density at radius 2 is 2.33 bits per heavy atom. The van der Waals surface area contributed by atoms with Gasteiger partial charge in [-0.3, -0.25) is 14.2 Å². The van der Waals surface area contributed by atoms with Crippen molar-refractivity contribution in [2.75, 3.05) is 13.2 Å². The molecule has 3 nitrogen and oxygen atoms in total. The van der Waals surface area contributed by atoms with Gasteiger partial charge in [-0.05, 0) is 6.42 Å². The van der Waals surface area contributed by atoms with Crippen molar-refractivity contribution in [3.63, 3.8) is 0 Å². The second-order valence-electron chi connectivity index (χ2n) is 1.75. The van der Waals surface area contributed by atoms with E-state index in [9.17, 15) is 9.18 Å². The number of nitrogens with two attached hydrogens (primary N) is 1. The average Bonchev–Trinajstić information content (AvgIpc) is 1.82. The Balaban J connectivity index is 3.27. The largest absolute Gasteiger partial charge is 0.281 e. The topological polar surface area (TPSA) is 46.3 Å². The fraction of sp³-hybridized carbons (Fsp3) is 0.800. The van der Waals surface area contributed by atoms with Crippen LogP contribution in [0.3, 0.4) is 0 Å². The van der Waals surface area contributed by atoms with E-state index in [-0.39, 0.29) is 5.91 Å². The number of halogens is 1. The first-order valence-electron chi connectivity index (χ1n) is 2.77. The van der Waals surface area contributed by atoms with Gasteiger partial charge in [-0.15, -0.1) is 0 Å². The van der Waals surface area contributed by atoms with Crippen molar-refractivity contribution in [3.8, 4) is 0 Å². The third-order valence-electron chi connectivity index (χ3n) is 0.937. The molecule has 0 spiro atoms. The Morgan fingerprint density at radius 1 is 1.78 bits per heavy atom. The summed E-state index contributed by atoms with van der Waals surface area (Å²) in [5.41, 5.74) is 0. The van der Waals surface area contributed by atoms with Crippen LogP contribution in [0.5, 0.6) is 0 Å². The number of hydrogen-bond acceptors (Lipinski definition) is 2. The van der Waals surface area contributed by atoms with Crippen LogP contribution in [-0.2, 0) is 4.79 Å². The van der Waals surface area contributed by atoms with Crippen LogP contribution in [0, 0.1) is 0 Å². The van der Waals surface area contributed by atoms with Gasteiger partial charge in [-0.1, -0.05) is 0 Å². The summed E-state index contributed by atoms with van der Waals surface area (Å²) in [6.07, 6.45) is 0.316. The van der Waals surface area contributed by atoms with Crippen LogP contribution in [-0.4, -0.2) is 24.1 Å². The molecule has 1 amide bonds. The van der Waals surface area contributed by atoms with Gasteiger partial charge in [0.05, 0.1) is 6.67 Å². The smallest absolute Gasteiger partial charge is 0.233 e. The first kappa shape index (κ1) is 8.36. The van der Waals surface area contributed by atoms with Gasteiger partial charge < -0.3 is 0 Å². The van der Waals surface area contributed by atoms with Crippen molar-refractivity contribution in [1.29, 1.82) is 0 Å². The SMILES string of the molecule is CC(=O)N(N)CCCF. The van der Waals surface area contributed by atoms with Gasteiger partial charge in [0.15, 0.2) is 0 Å². The molecule has 0 unspecified atom stereocenters. The van der Waals surface area contributed by atoms with E-state index in [4.69, 9.17) is 5.84 Å². The Hall–Kier alpha value is -0.640. The molecule has 0 aromatic rings. The minimum Gasteiger partial charge on any atom is -0.281 e. The molecule has 0 aliphatic carbocycles. The lowest BCUT2D eigenvalue weighted by atomic mass is 10.4. The molecule has 0 fully saturated rings. The van der Waals surface area contributed by atoms with Crippen LogP contribution in [0.15, 0.2) is 0 Å². The third kappa shape index (κ3) is 3.90. The molecule has 2 N–H and O–H groups in total. The molecule has 0 bridgehead atoms. The zero-order valence-corrected chi connectivity index (χ0v) is 5.43. The summed E-state index contributed by atoms with van der Waals surface area (Å²) in [5.74, 6) is 4.89. The maximum absolute atomic E-state index is 11.4. The zero-order valence-electron chi connectivity index (χ0n) is 5.43. The highest BCUT2D eigenvalue weighted by atomic mass is 19.1. The molecule has 0 aromatic carbocycles. The van der Waals surface area contributed by atoms with Crippen LogP contribution in [0.25, 0.3) is 0 Å². The highest BCUT2D eigenvalue weighted by molar-refractivity contribution is 5.72. The van der Waals surface area contributed by atoms with Crippen molar-refractivity contribution in [2.45, 2.75) is 13.3 Å². The Morgan fingerprint density at radius 3 is 2.67 bits per heavy atom. The molecule has 0 aliphatic heterocycles. The van der Waals surface area contributed by atoms with Gasteiger partial charge in [-0.25, -0.2) is 5.84 Å². The molecule has 4 heteroatoms. The average molecular weight is 134 g/mol. The lowest BCUT2D eigenvalue weighted by Gasteiger charge is -2.11. The lowest BCUT2D eigenvalue weighted by Crippen LogP contribution is -2.36. The van der Waals surface area contributed by atoms with Gasteiger partial charge in [0.2, 0.25) is 5.91 Å². The molecule has 0 aromatic heterocycles. The van der Waals surface area contributed by atoms with Crippen molar-refractivity contribution >= 4 is 5.91 Å². The van der Waals surface area contributed by atoms with E-state index in [2.05, 4.69) is 0 Å². The van der Waals surface area contributed by atoms with E-state index < -0.39 is 6.67 Å². The summed E-state index contributed by atoms with van der Waals surface area (Å²) in [5, 5.41) is 1.000. The highest BCUT2D eigenvalue weighted by Crippen LogP contribution is 1.84. The Kier molecular flexibility index (Phi) is 3.96. The number of rotatable bonds is 3. The summed E-state index contributed by atoms with van der Waals surface area (Å²) in [7, 11) is 0. The van der Waals surface area contributed by atoms with E-state index in [1.54, 1.807) is 0 Å². The van der Waals surface area contributed by atoms with Crippen molar-refractivity contribution in [3.05, 3.63) is 0 Å². The lowest BCUT2D eigenvalue weighted by molar-refractivity contribution is -0.129. The predicted octanol–water partition coefficient (Wildman–Crippen LogP) is 0.0682. The fourth-order valence-electron chi connectivity index (χ4n) is 0.388. The molecule has 0 saturated carbocycles. The maximum atomic E-state index is 11.4. The highest BCUT2D eigenvalue weighted by Gasteiger charge is 1.99. The Bertz CT molecular complexity index is 97.0. The number of alkyl halides is 1. The van der Waals surface area contributed by atoms with Gasteiger partial charge in [-0.2, -0.15) is 0 Å². The van der Waals surface area contributed by atoms with E-state index in [0.717, 1.165) is 5.01 Å². The van der Waals surface area contributed by atoms with Crippen molar-refractivity contribution in [1.82, 2.24) is 5.01 Å². The quantitative estimate of drug-likeness (QED) is 0.337. The maximum Gasteiger partial charge on any atom is 0.233 e. The van der Waals surface area contributed by atoms with Crippen LogP contribution >= 0.6 is 0 Å². The number of carbonyl (C=O) groups excluding carboxylic acids is 1. The molecule has 0 radical (unpaired) electrons. The molecule has 0 rings (SSSR count). The monoisotopic (exact) mass is 134 g/mol. The summed E-state index contributed by atoms with van der Waals surface area (Å²) in [6, 6.07) is 0. The minimum absolute atomic E-state index is 0.233. The Labute approximate surface area is 53.6 Å². The van der Waals surface area contributed by atoms with Gasteiger partial charge in [0.25, 0.3) is 0 Å². The molecular weight excluding hydrogens is 123 g/mol.